The van der Waals surface area contributed by atoms with Crippen LogP contribution in [0.1, 0.15) is 18.4 Å². The van der Waals surface area contributed by atoms with E-state index < -0.39 is 5.97 Å². The standard InChI is InChI=1S/C14H16N2O3/c17-9-11-8-10-4-1-2-5-12(10)16-14(11)15-7-3-6-13(18)19/h1-2,4-5,8,17H,3,6-7,9H2,(H,15,16)(H,18,19). The van der Waals surface area contributed by atoms with Gasteiger partial charge in [-0.25, -0.2) is 4.98 Å². The Morgan fingerprint density at radius 2 is 2.11 bits per heavy atom. The number of hydrogen-bond acceptors (Lipinski definition) is 4. The van der Waals surface area contributed by atoms with Gasteiger partial charge in [-0.05, 0) is 18.6 Å². The van der Waals surface area contributed by atoms with Crippen molar-refractivity contribution in [2.45, 2.75) is 19.4 Å². The predicted octanol–water partition coefficient (Wildman–Crippen LogP) is 2.00. The largest absolute Gasteiger partial charge is 0.481 e. The average molecular weight is 260 g/mol. The lowest BCUT2D eigenvalue weighted by atomic mass is 10.1. The minimum absolute atomic E-state index is 0.0981. The maximum Gasteiger partial charge on any atom is 0.303 e. The maximum absolute atomic E-state index is 10.4. The van der Waals surface area contributed by atoms with E-state index in [1.165, 1.54) is 0 Å². The molecule has 5 heteroatoms. The van der Waals surface area contributed by atoms with Gasteiger partial charge in [0.15, 0.2) is 0 Å². The summed E-state index contributed by atoms with van der Waals surface area (Å²) < 4.78 is 0. The Morgan fingerprint density at radius 1 is 1.32 bits per heavy atom. The first-order valence-electron chi connectivity index (χ1n) is 6.16. The molecule has 0 fully saturated rings. The fourth-order valence-electron chi connectivity index (χ4n) is 1.88. The van der Waals surface area contributed by atoms with E-state index in [1.807, 2.05) is 30.3 Å². The highest BCUT2D eigenvalue weighted by atomic mass is 16.4. The number of para-hydroxylation sites is 1. The van der Waals surface area contributed by atoms with E-state index in [1.54, 1.807) is 0 Å². The molecule has 0 spiro atoms. The Morgan fingerprint density at radius 3 is 2.84 bits per heavy atom. The highest BCUT2D eigenvalue weighted by Gasteiger charge is 2.06. The Hall–Kier alpha value is -2.14. The van der Waals surface area contributed by atoms with Gasteiger partial charge in [-0.15, -0.1) is 0 Å². The summed E-state index contributed by atoms with van der Waals surface area (Å²) in [7, 11) is 0. The number of pyridine rings is 1. The van der Waals surface area contributed by atoms with Crippen LogP contribution in [0.3, 0.4) is 0 Å². The number of carboxylic acid groups (broad SMARTS) is 1. The van der Waals surface area contributed by atoms with E-state index in [9.17, 15) is 9.90 Å². The van der Waals surface area contributed by atoms with Crippen molar-refractivity contribution in [1.29, 1.82) is 0 Å². The topological polar surface area (TPSA) is 82.5 Å². The second kappa shape index (κ2) is 6.15. The van der Waals surface area contributed by atoms with Gasteiger partial charge in [0.05, 0.1) is 12.1 Å². The number of aliphatic hydroxyl groups is 1. The third-order valence-electron chi connectivity index (χ3n) is 2.83. The normalized spacial score (nSPS) is 10.6. The molecule has 19 heavy (non-hydrogen) atoms. The molecule has 0 unspecified atom stereocenters. The molecule has 0 aliphatic rings. The summed E-state index contributed by atoms with van der Waals surface area (Å²) in [6.07, 6.45) is 0.643. The molecular formula is C14H16N2O3. The van der Waals surface area contributed by atoms with Gasteiger partial charge in [-0.2, -0.15) is 0 Å². The molecule has 5 nitrogen and oxygen atoms in total. The second-order valence-electron chi connectivity index (χ2n) is 4.27. The maximum atomic E-state index is 10.4. The molecule has 0 aliphatic heterocycles. The van der Waals surface area contributed by atoms with Gasteiger partial charge in [-0.1, -0.05) is 18.2 Å². The van der Waals surface area contributed by atoms with Gasteiger partial charge in [-0.3, -0.25) is 4.79 Å². The molecule has 0 saturated carbocycles. The lowest BCUT2D eigenvalue weighted by Crippen LogP contribution is -2.08. The summed E-state index contributed by atoms with van der Waals surface area (Å²) in [5, 5.41) is 22.0. The lowest BCUT2D eigenvalue weighted by Gasteiger charge is -2.10. The number of nitrogens with zero attached hydrogens (tertiary/aromatic N) is 1. The molecule has 3 N–H and O–H groups in total. The molecular weight excluding hydrogens is 244 g/mol. The molecule has 2 aromatic rings. The quantitative estimate of drug-likeness (QED) is 0.692. The van der Waals surface area contributed by atoms with Gasteiger partial charge < -0.3 is 15.5 Å². The van der Waals surface area contributed by atoms with Crippen molar-refractivity contribution in [1.82, 2.24) is 4.98 Å². The zero-order chi connectivity index (χ0) is 13.7. The Labute approximate surface area is 110 Å². The summed E-state index contributed by atoms with van der Waals surface area (Å²) in [5.74, 6) is -0.192. The predicted molar refractivity (Wildman–Crippen MR) is 73.0 cm³/mol. The number of carboxylic acids is 1. The van der Waals surface area contributed by atoms with Crippen molar-refractivity contribution in [2.75, 3.05) is 11.9 Å². The van der Waals surface area contributed by atoms with Crippen molar-refractivity contribution in [3.05, 3.63) is 35.9 Å². The van der Waals surface area contributed by atoms with E-state index in [2.05, 4.69) is 10.3 Å². The van der Waals surface area contributed by atoms with E-state index in [0.29, 0.717) is 24.3 Å². The number of aliphatic carboxylic acids is 1. The second-order valence-corrected chi connectivity index (χ2v) is 4.27. The van der Waals surface area contributed by atoms with E-state index in [-0.39, 0.29) is 13.0 Å². The summed E-state index contributed by atoms with van der Waals surface area (Å²) >= 11 is 0. The third kappa shape index (κ3) is 3.42. The van der Waals surface area contributed by atoms with Gasteiger partial charge in [0.1, 0.15) is 5.82 Å². The first-order valence-corrected chi connectivity index (χ1v) is 6.16. The Bertz CT molecular complexity index is 584. The number of benzene rings is 1. The molecule has 0 aliphatic carbocycles. The number of nitrogens with one attached hydrogen (secondary N) is 1. The van der Waals surface area contributed by atoms with Crippen molar-refractivity contribution < 1.29 is 15.0 Å². The van der Waals surface area contributed by atoms with Crippen LogP contribution in [0.25, 0.3) is 10.9 Å². The van der Waals surface area contributed by atoms with Gasteiger partial charge in [0, 0.05) is 23.9 Å². The smallest absolute Gasteiger partial charge is 0.303 e. The molecule has 0 bridgehead atoms. The number of aliphatic hydroxyl groups excluding tert-OH is 1. The zero-order valence-electron chi connectivity index (χ0n) is 10.5. The fraction of sp³-hybridized carbons (Fsp3) is 0.286. The van der Waals surface area contributed by atoms with Crippen molar-refractivity contribution in [3.63, 3.8) is 0 Å². The Kier molecular flexibility index (Phi) is 4.30. The van der Waals surface area contributed by atoms with Crippen LogP contribution in [-0.2, 0) is 11.4 Å². The van der Waals surface area contributed by atoms with Gasteiger partial charge in [0.25, 0.3) is 0 Å². The van der Waals surface area contributed by atoms with Crippen molar-refractivity contribution in [2.24, 2.45) is 0 Å². The summed E-state index contributed by atoms with van der Waals surface area (Å²) in [6, 6.07) is 9.56. The highest BCUT2D eigenvalue weighted by Crippen LogP contribution is 2.20. The van der Waals surface area contributed by atoms with Crippen LogP contribution < -0.4 is 5.32 Å². The molecule has 1 aromatic heterocycles. The van der Waals surface area contributed by atoms with Crippen LogP contribution in [0, 0.1) is 0 Å². The number of carbonyl (C=O) groups is 1. The summed E-state index contributed by atoms with van der Waals surface area (Å²) in [6.45, 7) is 0.420. The van der Waals surface area contributed by atoms with Gasteiger partial charge in [0.2, 0.25) is 0 Å². The van der Waals surface area contributed by atoms with Crippen molar-refractivity contribution >= 4 is 22.7 Å². The number of rotatable bonds is 6. The number of fused-ring (bicyclic) bond motifs is 1. The monoisotopic (exact) mass is 260 g/mol. The van der Waals surface area contributed by atoms with Crippen LogP contribution in [0.4, 0.5) is 5.82 Å². The number of hydrogen-bond donors (Lipinski definition) is 3. The summed E-state index contributed by atoms with van der Waals surface area (Å²) in [5.41, 5.74) is 1.56. The molecule has 0 saturated heterocycles. The van der Waals surface area contributed by atoms with E-state index >= 15 is 0 Å². The first-order chi connectivity index (χ1) is 9.20. The molecule has 0 amide bonds. The van der Waals surface area contributed by atoms with E-state index in [4.69, 9.17) is 5.11 Å². The third-order valence-corrected chi connectivity index (χ3v) is 2.83. The number of anilines is 1. The van der Waals surface area contributed by atoms with Crippen LogP contribution in [0.5, 0.6) is 0 Å². The molecule has 100 valence electrons. The van der Waals surface area contributed by atoms with Crippen LogP contribution in [0.2, 0.25) is 0 Å². The van der Waals surface area contributed by atoms with Crippen molar-refractivity contribution in [3.8, 4) is 0 Å². The average Bonchev–Trinajstić information content (AvgIpc) is 2.42. The Balaban J connectivity index is 2.14. The molecule has 1 aromatic carbocycles. The van der Waals surface area contributed by atoms with Crippen LogP contribution in [0.15, 0.2) is 30.3 Å². The fourth-order valence-corrected chi connectivity index (χ4v) is 1.88. The molecule has 2 rings (SSSR count). The van der Waals surface area contributed by atoms with Crippen LogP contribution in [-0.4, -0.2) is 27.7 Å². The van der Waals surface area contributed by atoms with E-state index in [0.717, 1.165) is 10.9 Å². The minimum Gasteiger partial charge on any atom is -0.481 e. The SMILES string of the molecule is O=C(O)CCCNc1nc2ccccc2cc1CO. The van der Waals surface area contributed by atoms with Crippen LogP contribution >= 0.6 is 0 Å². The van der Waals surface area contributed by atoms with Gasteiger partial charge >= 0.3 is 5.97 Å². The summed E-state index contributed by atoms with van der Waals surface area (Å²) in [4.78, 5) is 14.9. The number of aromatic nitrogens is 1. The molecule has 0 atom stereocenters. The zero-order valence-corrected chi connectivity index (χ0v) is 10.5. The lowest BCUT2D eigenvalue weighted by molar-refractivity contribution is -0.137. The highest BCUT2D eigenvalue weighted by molar-refractivity contribution is 5.81. The molecule has 1 heterocycles. The minimum atomic E-state index is -0.810. The molecule has 0 radical (unpaired) electrons. The first kappa shape index (κ1) is 13.3.